The first-order valence-electron chi connectivity index (χ1n) is 7.54. The van der Waals surface area contributed by atoms with E-state index in [1.54, 1.807) is 18.0 Å². The van der Waals surface area contributed by atoms with Crippen molar-refractivity contribution in [1.82, 2.24) is 14.8 Å². The number of hydrogen-bond acceptors (Lipinski definition) is 4. The van der Waals surface area contributed by atoms with Gasteiger partial charge < -0.3 is 9.47 Å². The lowest BCUT2D eigenvalue weighted by Crippen LogP contribution is -1.97. The van der Waals surface area contributed by atoms with Gasteiger partial charge in [0.15, 0.2) is 0 Å². The molecule has 0 fully saturated rings. The van der Waals surface area contributed by atoms with Crippen LogP contribution in [0, 0.1) is 0 Å². The minimum absolute atomic E-state index is 0.536. The maximum Gasteiger partial charge on any atom is 0.219 e. The fraction of sp³-hybridized carbons (Fsp3) is 0.0526. The summed E-state index contributed by atoms with van der Waals surface area (Å²) in [6.45, 7) is 0. The van der Waals surface area contributed by atoms with Crippen LogP contribution >= 0.6 is 0 Å². The van der Waals surface area contributed by atoms with Crippen LogP contribution in [0.15, 0.2) is 73.1 Å². The molecule has 0 N–H and O–H groups in total. The Balaban J connectivity index is 1.71. The maximum atomic E-state index is 5.94. The monoisotopic (exact) mass is 317 g/mol. The third kappa shape index (κ3) is 2.79. The summed E-state index contributed by atoms with van der Waals surface area (Å²) in [6, 6.07) is 19.3. The van der Waals surface area contributed by atoms with E-state index >= 15 is 0 Å². The number of rotatable bonds is 4. The van der Waals surface area contributed by atoms with E-state index in [1.807, 2.05) is 66.9 Å². The Bertz CT molecular complexity index is 981. The first kappa shape index (κ1) is 14.3. The Kier molecular flexibility index (Phi) is 3.59. The Morgan fingerprint density at radius 3 is 2.62 bits per heavy atom. The van der Waals surface area contributed by atoms with Gasteiger partial charge in [0.25, 0.3) is 0 Å². The minimum atomic E-state index is 0.536. The van der Waals surface area contributed by atoms with E-state index in [1.165, 1.54) is 0 Å². The van der Waals surface area contributed by atoms with Crippen molar-refractivity contribution in [1.29, 1.82) is 0 Å². The molecule has 24 heavy (non-hydrogen) atoms. The number of aromatic nitrogens is 3. The zero-order valence-corrected chi connectivity index (χ0v) is 13.1. The molecular weight excluding hydrogens is 302 g/mol. The lowest BCUT2D eigenvalue weighted by atomic mass is 10.2. The van der Waals surface area contributed by atoms with E-state index in [2.05, 4.69) is 10.1 Å². The molecule has 0 aliphatic rings. The fourth-order valence-corrected chi connectivity index (χ4v) is 2.51. The summed E-state index contributed by atoms with van der Waals surface area (Å²) in [5.74, 6) is 1.87. The number of ether oxygens (including phenoxy) is 2. The second kappa shape index (κ2) is 6.04. The van der Waals surface area contributed by atoms with Crippen LogP contribution < -0.4 is 9.47 Å². The second-order valence-electron chi connectivity index (χ2n) is 5.26. The highest BCUT2D eigenvalue weighted by Crippen LogP contribution is 2.29. The van der Waals surface area contributed by atoms with Crippen molar-refractivity contribution >= 4 is 10.9 Å². The Hall–Kier alpha value is -3.34. The molecule has 0 unspecified atom stereocenters. The van der Waals surface area contributed by atoms with Crippen LogP contribution in [0.5, 0.6) is 17.4 Å². The van der Waals surface area contributed by atoms with Crippen molar-refractivity contribution in [2.45, 2.75) is 0 Å². The van der Waals surface area contributed by atoms with E-state index in [4.69, 9.17) is 9.47 Å². The Labute approximate surface area is 139 Å². The van der Waals surface area contributed by atoms with Gasteiger partial charge in [0, 0.05) is 42.0 Å². The number of benzene rings is 2. The van der Waals surface area contributed by atoms with Gasteiger partial charge in [0.2, 0.25) is 5.88 Å². The van der Waals surface area contributed by atoms with E-state index < -0.39 is 0 Å². The molecular formula is C19H15N3O2. The van der Waals surface area contributed by atoms with Gasteiger partial charge in [0.05, 0.1) is 18.3 Å². The lowest BCUT2D eigenvalue weighted by Gasteiger charge is -2.10. The molecule has 4 aromatic rings. The van der Waals surface area contributed by atoms with Crippen molar-refractivity contribution in [3.63, 3.8) is 0 Å². The quantitative estimate of drug-likeness (QED) is 0.565. The van der Waals surface area contributed by atoms with Crippen LogP contribution in [0.2, 0.25) is 0 Å². The maximum absolute atomic E-state index is 5.94. The summed E-state index contributed by atoms with van der Waals surface area (Å²) in [5.41, 5.74) is 1.75. The predicted octanol–water partition coefficient (Wildman–Crippen LogP) is 4.22. The van der Waals surface area contributed by atoms with Crippen LogP contribution in [0.4, 0.5) is 0 Å². The molecule has 0 spiro atoms. The van der Waals surface area contributed by atoms with Crippen LogP contribution in [-0.4, -0.2) is 21.9 Å². The summed E-state index contributed by atoms with van der Waals surface area (Å²) >= 11 is 0. The highest BCUT2D eigenvalue weighted by Gasteiger charge is 2.07. The Morgan fingerprint density at radius 2 is 1.79 bits per heavy atom. The highest BCUT2D eigenvalue weighted by atomic mass is 16.5. The van der Waals surface area contributed by atoms with Crippen LogP contribution in [-0.2, 0) is 0 Å². The highest BCUT2D eigenvalue weighted by molar-refractivity contribution is 5.78. The second-order valence-corrected chi connectivity index (χ2v) is 5.26. The lowest BCUT2D eigenvalue weighted by molar-refractivity contribution is 0.407. The third-order valence-electron chi connectivity index (χ3n) is 3.66. The molecule has 0 atom stereocenters. The van der Waals surface area contributed by atoms with Gasteiger partial charge >= 0.3 is 0 Å². The SMILES string of the molecule is COc1cc(Oc2ccc3ccccc3n2)cc(-n2cccn2)c1. The zero-order valence-electron chi connectivity index (χ0n) is 13.1. The zero-order chi connectivity index (χ0) is 16.4. The first-order valence-corrected chi connectivity index (χ1v) is 7.54. The third-order valence-corrected chi connectivity index (χ3v) is 3.66. The molecule has 5 nitrogen and oxygen atoms in total. The molecule has 2 aromatic carbocycles. The van der Waals surface area contributed by atoms with E-state index in [-0.39, 0.29) is 0 Å². The minimum Gasteiger partial charge on any atom is -0.497 e. The predicted molar refractivity (Wildman–Crippen MR) is 91.9 cm³/mol. The number of nitrogens with zero attached hydrogens (tertiary/aromatic N) is 3. The van der Waals surface area contributed by atoms with Crippen LogP contribution in [0.3, 0.4) is 0 Å². The molecule has 2 heterocycles. The van der Waals surface area contributed by atoms with Crippen LogP contribution in [0.1, 0.15) is 0 Å². The molecule has 0 amide bonds. The van der Waals surface area contributed by atoms with Gasteiger partial charge in [-0.1, -0.05) is 18.2 Å². The van der Waals surface area contributed by atoms with Gasteiger partial charge in [0.1, 0.15) is 11.5 Å². The normalized spacial score (nSPS) is 10.7. The van der Waals surface area contributed by atoms with Gasteiger partial charge in [-0.3, -0.25) is 0 Å². The summed E-state index contributed by atoms with van der Waals surface area (Å²) in [5, 5.41) is 5.32. The standard InChI is InChI=1S/C19H15N3O2/c1-23-16-11-15(22-10-4-9-20-22)12-17(13-16)24-19-8-7-14-5-2-3-6-18(14)21-19/h2-13H,1H3. The molecule has 118 valence electrons. The summed E-state index contributed by atoms with van der Waals surface area (Å²) in [4.78, 5) is 4.53. The number of pyridine rings is 1. The molecule has 0 saturated carbocycles. The van der Waals surface area contributed by atoms with Gasteiger partial charge in [-0.25, -0.2) is 9.67 Å². The largest absolute Gasteiger partial charge is 0.497 e. The number of methoxy groups -OCH3 is 1. The summed E-state index contributed by atoms with van der Waals surface area (Å²) < 4.78 is 13.0. The molecule has 5 heteroatoms. The molecule has 0 aliphatic carbocycles. The fourth-order valence-electron chi connectivity index (χ4n) is 2.51. The Morgan fingerprint density at radius 1 is 0.917 bits per heavy atom. The number of fused-ring (bicyclic) bond motifs is 1. The van der Waals surface area contributed by atoms with Crippen molar-refractivity contribution < 1.29 is 9.47 Å². The summed E-state index contributed by atoms with van der Waals surface area (Å²) in [7, 11) is 1.63. The topological polar surface area (TPSA) is 49.2 Å². The smallest absolute Gasteiger partial charge is 0.219 e. The van der Waals surface area contributed by atoms with Crippen molar-refractivity contribution in [3.8, 4) is 23.1 Å². The van der Waals surface area contributed by atoms with Gasteiger partial charge in [-0.15, -0.1) is 0 Å². The summed E-state index contributed by atoms with van der Waals surface area (Å²) in [6.07, 6.45) is 3.59. The molecule has 0 bridgehead atoms. The average molecular weight is 317 g/mol. The number of hydrogen-bond donors (Lipinski definition) is 0. The molecule has 0 aliphatic heterocycles. The van der Waals surface area contributed by atoms with Gasteiger partial charge in [-0.05, 0) is 18.2 Å². The van der Waals surface area contributed by atoms with E-state index in [9.17, 15) is 0 Å². The van der Waals surface area contributed by atoms with Crippen LogP contribution in [0.25, 0.3) is 16.6 Å². The van der Waals surface area contributed by atoms with E-state index in [0.717, 1.165) is 16.6 Å². The molecule has 0 saturated heterocycles. The average Bonchev–Trinajstić information content (AvgIpc) is 3.16. The number of para-hydroxylation sites is 1. The van der Waals surface area contributed by atoms with Gasteiger partial charge in [-0.2, -0.15) is 5.10 Å². The molecule has 0 radical (unpaired) electrons. The van der Waals surface area contributed by atoms with E-state index in [0.29, 0.717) is 17.4 Å². The first-order chi connectivity index (χ1) is 11.8. The van der Waals surface area contributed by atoms with Crippen molar-refractivity contribution in [3.05, 3.63) is 73.1 Å². The van der Waals surface area contributed by atoms with Crippen molar-refractivity contribution in [2.75, 3.05) is 7.11 Å². The molecule has 4 rings (SSSR count). The van der Waals surface area contributed by atoms with Crippen molar-refractivity contribution in [2.24, 2.45) is 0 Å². The molecule has 2 aromatic heterocycles.